The summed E-state index contributed by atoms with van der Waals surface area (Å²) in [5.74, 6) is 0. The fraction of sp³-hybridized carbons (Fsp3) is 0. The summed E-state index contributed by atoms with van der Waals surface area (Å²) >= 11 is 7.26. The van der Waals surface area contributed by atoms with Crippen molar-refractivity contribution in [2.75, 3.05) is 0 Å². The summed E-state index contributed by atoms with van der Waals surface area (Å²) in [6.45, 7) is 0. The molecule has 4 heteroatoms. The Morgan fingerprint density at radius 2 is 1.92 bits per heavy atom. The maximum atomic E-state index is 4.34. The van der Waals surface area contributed by atoms with Gasteiger partial charge in [0.2, 0.25) is 0 Å². The average molecular weight is 366 g/mol. The normalized spacial score (nSPS) is 10.3. The van der Waals surface area contributed by atoms with Crippen LogP contribution < -0.4 is 0 Å². The summed E-state index contributed by atoms with van der Waals surface area (Å²) in [5, 5.41) is 0. The molecule has 0 aliphatic heterocycles. The number of rotatable bonds is 1. The molecule has 0 aromatic carbocycles. The van der Waals surface area contributed by atoms with Crippen LogP contribution in [0.1, 0.15) is 0 Å². The quantitative estimate of drug-likeness (QED) is 0.706. The van der Waals surface area contributed by atoms with Crippen LogP contribution in [0.4, 0.5) is 0 Å². The second-order valence-electron chi connectivity index (χ2n) is 2.47. The van der Waals surface area contributed by atoms with Gasteiger partial charge in [0.25, 0.3) is 0 Å². The van der Waals surface area contributed by atoms with Gasteiger partial charge in [-0.3, -0.25) is 0 Å². The van der Waals surface area contributed by atoms with Crippen LogP contribution in [0.5, 0.6) is 0 Å². The second-order valence-corrected chi connectivity index (χ2v) is 7.69. The Bertz CT molecular complexity index is 408. The van der Waals surface area contributed by atoms with Crippen LogP contribution in [0.15, 0.2) is 38.3 Å². The Hall–Kier alpha value is 0.109. The molecular formula is C9H5Br2NSe. The van der Waals surface area contributed by atoms with E-state index >= 15 is 0 Å². The third kappa shape index (κ3) is 2.32. The van der Waals surface area contributed by atoms with Gasteiger partial charge in [0.15, 0.2) is 0 Å². The fourth-order valence-electron chi connectivity index (χ4n) is 0.974. The molecule has 0 saturated carbocycles. The summed E-state index contributed by atoms with van der Waals surface area (Å²) in [5.41, 5.74) is 1.08. The standard InChI is InChI=1S/C9H5Br2NSe/c10-6-1-2-7(12-5-6)8-3-4-9(11)13-8/h1-5H. The number of halogens is 2. The van der Waals surface area contributed by atoms with Gasteiger partial charge in [-0.25, -0.2) is 0 Å². The van der Waals surface area contributed by atoms with E-state index < -0.39 is 0 Å². The van der Waals surface area contributed by atoms with Crippen LogP contribution >= 0.6 is 31.9 Å². The zero-order valence-corrected chi connectivity index (χ0v) is 11.4. The van der Waals surface area contributed by atoms with E-state index in [0.717, 1.165) is 10.2 Å². The van der Waals surface area contributed by atoms with Gasteiger partial charge in [0, 0.05) is 0 Å². The molecule has 0 aliphatic carbocycles. The molecule has 2 rings (SSSR count). The van der Waals surface area contributed by atoms with Crippen molar-refractivity contribution >= 4 is 46.4 Å². The van der Waals surface area contributed by atoms with E-state index in [9.17, 15) is 0 Å². The fourth-order valence-corrected chi connectivity index (χ4v) is 3.73. The number of hydrogen-bond donors (Lipinski definition) is 0. The van der Waals surface area contributed by atoms with Gasteiger partial charge in [-0.05, 0) is 0 Å². The van der Waals surface area contributed by atoms with Crippen LogP contribution in [0, 0.1) is 0 Å². The second kappa shape index (κ2) is 4.09. The molecule has 0 amide bonds. The average Bonchev–Trinajstić information content (AvgIpc) is 2.53. The summed E-state index contributed by atoms with van der Waals surface area (Å²) in [6, 6.07) is 8.28. The molecule has 0 bridgehead atoms. The van der Waals surface area contributed by atoms with Crippen molar-refractivity contribution < 1.29 is 0 Å². The summed E-state index contributed by atoms with van der Waals surface area (Å²) in [4.78, 5) is 4.34. The number of pyridine rings is 1. The minimum absolute atomic E-state index is 0.404. The first-order valence-electron chi connectivity index (χ1n) is 3.63. The molecule has 66 valence electrons. The number of hydrogen-bond acceptors (Lipinski definition) is 1. The van der Waals surface area contributed by atoms with Crippen LogP contribution in [0.25, 0.3) is 10.1 Å². The van der Waals surface area contributed by atoms with Gasteiger partial charge in [-0.1, -0.05) is 0 Å². The molecule has 0 fully saturated rings. The van der Waals surface area contributed by atoms with Gasteiger partial charge in [-0.15, -0.1) is 0 Å². The van der Waals surface area contributed by atoms with Gasteiger partial charge in [0.05, 0.1) is 0 Å². The van der Waals surface area contributed by atoms with Crippen LogP contribution in [-0.2, 0) is 0 Å². The Morgan fingerprint density at radius 3 is 2.46 bits per heavy atom. The molecule has 2 aromatic rings. The van der Waals surface area contributed by atoms with Crippen molar-refractivity contribution in [3.63, 3.8) is 0 Å². The molecule has 2 aromatic heterocycles. The summed E-state index contributed by atoms with van der Waals surface area (Å²) in [6.07, 6.45) is 1.83. The van der Waals surface area contributed by atoms with Crippen molar-refractivity contribution in [2.24, 2.45) is 0 Å². The Kier molecular flexibility index (Phi) is 3.04. The molecule has 0 unspecified atom stereocenters. The van der Waals surface area contributed by atoms with Crippen molar-refractivity contribution in [1.82, 2.24) is 4.98 Å². The third-order valence-corrected chi connectivity index (χ3v) is 5.01. The van der Waals surface area contributed by atoms with Crippen LogP contribution in [-0.4, -0.2) is 19.5 Å². The topological polar surface area (TPSA) is 12.9 Å². The Labute approximate surface area is 99.2 Å². The van der Waals surface area contributed by atoms with E-state index in [1.54, 1.807) is 0 Å². The Balaban J connectivity index is 2.41. The molecule has 0 radical (unpaired) electrons. The Morgan fingerprint density at radius 1 is 1.08 bits per heavy atom. The van der Waals surface area contributed by atoms with Gasteiger partial charge in [-0.2, -0.15) is 0 Å². The van der Waals surface area contributed by atoms with Crippen molar-refractivity contribution in [1.29, 1.82) is 0 Å². The van der Waals surface area contributed by atoms with E-state index in [0.29, 0.717) is 14.5 Å². The molecular weight excluding hydrogens is 361 g/mol. The van der Waals surface area contributed by atoms with Gasteiger partial charge >= 0.3 is 99.8 Å². The van der Waals surface area contributed by atoms with Gasteiger partial charge < -0.3 is 0 Å². The zero-order valence-electron chi connectivity index (χ0n) is 6.50. The molecule has 0 saturated heterocycles. The number of aromatic nitrogens is 1. The first-order chi connectivity index (χ1) is 6.25. The van der Waals surface area contributed by atoms with E-state index in [4.69, 9.17) is 0 Å². The molecule has 1 nitrogen and oxygen atoms in total. The van der Waals surface area contributed by atoms with E-state index in [1.807, 2.05) is 18.3 Å². The minimum atomic E-state index is 0.404. The first-order valence-corrected chi connectivity index (χ1v) is 6.93. The predicted octanol–water partition coefficient (Wildman–Crippen LogP) is 3.33. The van der Waals surface area contributed by atoms with E-state index in [-0.39, 0.29) is 0 Å². The van der Waals surface area contributed by atoms with Crippen LogP contribution in [0.3, 0.4) is 0 Å². The van der Waals surface area contributed by atoms with Crippen molar-refractivity contribution in [3.05, 3.63) is 38.3 Å². The van der Waals surface area contributed by atoms with Crippen molar-refractivity contribution in [3.8, 4) is 10.1 Å². The van der Waals surface area contributed by atoms with Crippen LogP contribution in [0.2, 0.25) is 0 Å². The molecule has 0 atom stereocenters. The zero-order chi connectivity index (χ0) is 9.26. The summed E-state index contributed by atoms with van der Waals surface area (Å²) in [7, 11) is 0. The van der Waals surface area contributed by atoms with Crippen molar-refractivity contribution in [2.45, 2.75) is 0 Å². The SMILES string of the molecule is Brc1ccc(-c2ccc(Br)[se]2)nc1. The predicted molar refractivity (Wildman–Crippen MR) is 62.0 cm³/mol. The molecule has 0 N–H and O–H groups in total. The molecule has 0 aliphatic rings. The maximum absolute atomic E-state index is 4.34. The first kappa shape index (κ1) is 9.66. The molecule has 2 heterocycles. The van der Waals surface area contributed by atoms with E-state index in [2.05, 4.69) is 49.0 Å². The van der Waals surface area contributed by atoms with Gasteiger partial charge in [0.1, 0.15) is 0 Å². The molecule has 13 heavy (non-hydrogen) atoms. The molecule has 0 spiro atoms. The monoisotopic (exact) mass is 365 g/mol. The van der Waals surface area contributed by atoms with E-state index in [1.165, 1.54) is 7.78 Å². The number of nitrogens with zero attached hydrogens (tertiary/aromatic N) is 1. The third-order valence-electron chi connectivity index (χ3n) is 1.55. The summed E-state index contributed by atoms with van der Waals surface area (Å²) < 4.78 is 3.63.